The summed E-state index contributed by atoms with van der Waals surface area (Å²) in [5.41, 5.74) is 8.74. The molecule has 3 N–H and O–H groups in total. The van der Waals surface area contributed by atoms with Crippen LogP contribution < -0.4 is 15.4 Å². The lowest BCUT2D eigenvalue weighted by Crippen LogP contribution is -2.37. The minimum absolute atomic E-state index is 0.295. The largest absolute Gasteiger partial charge is 0.489 e. The fraction of sp³-hybridized carbons (Fsp3) is 0.136. The lowest BCUT2D eigenvalue weighted by Gasteiger charge is -2.29. The van der Waals surface area contributed by atoms with Gasteiger partial charge in [0.2, 0.25) is 0 Å². The molecule has 0 spiro atoms. The van der Waals surface area contributed by atoms with Crippen LogP contribution in [0.4, 0.5) is 10.1 Å². The first kappa shape index (κ1) is 18.5. The van der Waals surface area contributed by atoms with Gasteiger partial charge in [0.05, 0.1) is 5.04 Å². The van der Waals surface area contributed by atoms with Crippen LogP contribution >= 0.6 is 11.8 Å². The van der Waals surface area contributed by atoms with Gasteiger partial charge in [0.15, 0.2) is 0 Å². The number of halogens is 1. The average Bonchev–Trinajstić information content (AvgIpc) is 3.02. The van der Waals surface area contributed by atoms with Crippen molar-refractivity contribution < 1.29 is 9.13 Å². The van der Waals surface area contributed by atoms with Gasteiger partial charge in [0, 0.05) is 5.69 Å². The maximum atomic E-state index is 13.3. The second-order valence-electron chi connectivity index (χ2n) is 6.50. The van der Waals surface area contributed by atoms with Gasteiger partial charge in [-0.2, -0.15) is 0 Å². The number of nitrogens with zero attached hydrogens (tertiary/aromatic N) is 1. The van der Waals surface area contributed by atoms with Crippen molar-refractivity contribution in [3.63, 3.8) is 0 Å². The predicted molar refractivity (Wildman–Crippen MR) is 112 cm³/mol. The lowest BCUT2D eigenvalue weighted by atomic mass is 10.1. The molecule has 0 saturated carbocycles. The highest BCUT2D eigenvalue weighted by Gasteiger charge is 2.37. The number of nitrogens with two attached hydrogens (primary N) is 1. The van der Waals surface area contributed by atoms with Crippen molar-refractivity contribution in [1.82, 2.24) is 0 Å². The molecule has 0 amide bonds. The number of anilines is 1. The van der Waals surface area contributed by atoms with Gasteiger partial charge in [0.25, 0.3) is 0 Å². The first-order chi connectivity index (χ1) is 13.6. The molecule has 1 fully saturated rings. The van der Waals surface area contributed by atoms with E-state index in [4.69, 9.17) is 15.9 Å². The molecule has 4 nitrogen and oxygen atoms in total. The van der Waals surface area contributed by atoms with Crippen molar-refractivity contribution in [3.05, 3.63) is 95.8 Å². The van der Waals surface area contributed by atoms with Gasteiger partial charge in [0.1, 0.15) is 29.7 Å². The number of rotatable bonds is 5. The molecule has 1 heterocycles. The molecule has 3 aromatic carbocycles. The van der Waals surface area contributed by atoms with Crippen LogP contribution in [0, 0.1) is 11.2 Å². The summed E-state index contributed by atoms with van der Waals surface area (Å²) in [6, 6.07) is 23.6. The molecule has 1 aliphatic heterocycles. The average molecular weight is 393 g/mol. The number of thioether (sulfide) groups is 1. The van der Waals surface area contributed by atoms with E-state index in [9.17, 15) is 4.39 Å². The van der Waals surface area contributed by atoms with Gasteiger partial charge in [-0.15, -0.1) is 0 Å². The van der Waals surface area contributed by atoms with Crippen molar-refractivity contribution in [2.45, 2.75) is 18.1 Å². The summed E-state index contributed by atoms with van der Waals surface area (Å²) in [5, 5.41) is 8.78. The van der Waals surface area contributed by atoms with Crippen LogP contribution in [0.2, 0.25) is 0 Å². The minimum Gasteiger partial charge on any atom is -0.489 e. The third kappa shape index (κ3) is 3.88. The van der Waals surface area contributed by atoms with Crippen molar-refractivity contribution in [2.75, 3.05) is 4.90 Å². The van der Waals surface area contributed by atoms with Crippen LogP contribution in [0.5, 0.6) is 5.75 Å². The maximum Gasteiger partial charge on any atom is 0.132 e. The zero-order valence-corrected chi connectivity index (χ0v) is 15.9. The van der Waals surface area contributed by atoms with Crippen molar-refractivity contribution in [1.29, 1.82) is 5.41 Å². The summed E-state index contributed by atoms with van der Waals surface area (Å²) in [6.45, 7) is 0.502. The highest BCUT2D eigenvalue weighted by molar-refractivity contribution is 8.14. The fourth-order valence-electron chi connectivity index (χ4n) is 3.23. The molecule has 0 bridgehead atoms. The van der Waals surface area contributed by atoms with Crippen molar-refractivity contribution in [3.8, 4) is 5.75 Å². The molecular formula is C22H20FN3OS. The summed E-state index contributed by atoms with van der Waals surface area (Å²) >= 11 is 1.30. The Bertz CT molecular complexity index is 948. The van der Waals surface area contributed by atoms with Crippen LogP contribution in [0.25, 0.3) is 0 Å². The van der Waals surface area contributed by atoms with Gasteiger partial charge < -0.3 is 15.4 Å². The Morgan fingerprint density at radius 3 is 2.32 bits per heavy atom. The van der Waals surface area contributed by atoms with Gasteiger partial charge in [-0.05, 0) is 47.5 Å². The second kappa shape index (κ2) is 8.04. The minimum atomic E-state index is -0.376. The summed E-state index contributed by atoms with van der Waals surface area (Å²) < 4.78 is 19.1. The molecular weight excluding hydrogens is 373 g/mol. The molecule has 1 saturated heterocycles. The zero-order chi connectivity index (χ0) is 19.5. The Morgan fingerprint density at radius 2 is 1.64 bits per heavy atom. The van der Waals surface area contributed by atoms with Gasteiger partial charge in [-0.3, -0.25) is 5.41 Å². The number of benzene rings is 3. The van der Waals surface area contributed by atoms with Crippen LogP contribution in [-0.4, -0.2) is 10.5 Å². The van der Waals surface area contributed by atoms with E-state index in [-0.39, 0.29) is 17.4 Å². The quantitative estimate of drug-likeness (QED) is 0.646. The normalized spacial score (nSPS) is 19.1. The fourth-order valence-corrected chi connectivity index (χ4v) is 4.23. The van der Waals surface area contributed by atoms with Crippen molar-refractivity contribution >= 4 is 22.5 Å². The summed E-state index contributed by atoms with van der Waals surface area (Å²) in [5.74, 6) is 0.470. The molecule has 2 unspecified atom stereocenters. The van der Waals surface area contributed by atoms with Crippen LogP contribution in [-0.2, 0) is 6.61 Å². The van der Waals surface area contributed by atoms with Gasteiger partial charge >= 0.3 is 0 Å². The van der Waals surface area contributed by atoms with E-state index >= 15 is 0 Å². The number of hydrogen-bond donors (Lipinski definition) is 2. The third-order valence-electron chi connectivity index (χ3n) is 4.62. The maximum absolute atomic E-state index is 13.3. The Labute approximate surface area is 167 Å². The molecule has 6 heteroatoms. The van der Waals surface area contributed by atoms with E-state index in [2.05, 4.69) is 0 Å². The first-order valence-corrected chi connectivity index (χ1v) is 9.81. The lowest BCUT2D eigenvalue weighted by molar-refractivity contribution is 0.306. The highest BCUT2D eigenvalue weighted by Crippen LogP contribution is 2.41. The molecule has 0 aliphatic carbocycles. The molecule has 28 heavy (non-hydrogen) atoms. The van der Waals surface area contributed by atoms with E-state index in [0.29, 0.717) is 11.7 Å². The van der Waals surface area contributed by atoms with E-state index in [1.165, 1.54) is 23.9 Å². The predicted octanol–water partition coefficient (Wildman–Crippen LogP) is 4.92. The van der Waals surface area contributed by atoms with E-state index < -0.39 is 0 Å². The highest BCUT2D eigenvalue weighted by atomic mass is 32.2. The Kier molecular flexibility index (Phi) is 5.32. The van der Waals surface area contributed by atoms with Gasteiger partial charge in [-0.25, -0.2) is 4.39 Å². The molecule has 0 radical (unpaired) electrons. The van der Waals surface area contributed by atoms with Crippen LogP contribution in [0.15, 0.2) is 78.9 Å². The summed E-state index contributed by atoms with van der Waals surface area (Å²) in [4.78, 5) is 1.97. The molecule has 142 valence electrons. The number of ether oxygens (including phenoxy) is 1. The number of hydrogen-bond acceptors (Lipinski definition) is 5. The number of nitrogens with one attached hydrogen (secondary N) is 1. The standard InChI is InChI=1S/C22H20FN3OS/c23-17-8-6-16(7-9-17)20-21(24)28-22(25)26(20)18-10-12-19(13-11-18)27-14-15-4-2-1-3-5-15/h1-13,20,22,24H,14,25H2. The summed E-state index contributed by atoms with van der Waals surface area (Å²) in [6.07, 6.45) is 0. The third-order valence-corrected chi connectivity index (χ3v) is 5.56. The Morgan fingerprint density at radius 1 is 0.964 bits per heavy atom. The topological polar surface area (TPSA) is 62.3 Å². The smallest absolute Gasteiger partial charge is 0.132 e. The molecule has 2 atom stereocenters. The second-order valence-corrected chi connectivity index (χ2v) is 7.66. The van der Waals surface area contributed by atoms with E-state index in [1.807, 2.05) is 59.5 Å². The zero-order valence-electron chi connectivity index (χ0n) is 15.1. The molecule has 4 rings (SSSR count). The van der Waals surface area contributed by atoms with Gasteiger partial charge in [-0.1, -0.05) is 54.2 Å². The molecule has 1 aliphatic rings. The van der Waals surface area contributed by atoms with Crippen LogP contribution in [0.3, 0.4) is 0 Å². The van der Waals surface area contributed by atoms with Crippen LogP contribution in [0.1, 0.15) is 17.2 Å². The monoisotopic (exact) mass is 393 g/mol. The first-order valence-electron chi connectivity index (χ1n) is 8.93. The van der Waals surface area contributed by atoms with E-state index in [1.54, 1.807) is 12.1 Å². The Hall–Kier alpha value is -2.83. The summed E-state index contributed by atoms with van der Waals surface area (Å²) in [7, 11) is 0. The van der Waals surface area contributed by atoms with Crippen molar-refractivity contribution in [2.24, 2.45) is 5.73 Å². The molecule has 0 aromatic heterocycles. The Balaban J connectivity index is 1.53. The SMILES string of the molecule is N=C1SC(N)N(c2ccc(OCc3ccccc3)cc2)C1c1ccc(F)cc1. The molecule has 3 aromatic rings. The van der Waals surface area contributed by atoms with E-state index in [0.717, 1.165) is 22.6 Å².